The normalized spacial score (nSPS) is 11.8. The molecule has 0 fully saturated rings. The lowest BCUT2D eigenvalue weighted by molar-refractivity contribution is -0.275. The van der Waals surface area contributed by atoms with Crippen LogP contribution in [0.2, 0.25) is 0 Å². The van der Waals surface area contributed by atoms with Crippen molar-refractivity contribution in [1.29, 1.82) is 0 Å². The Kier molecular flexibility index (Phi) is 5.23. The lowest BCUT2D eigenvalue weighted by Crippen LogP contribution is -2.21. The molecule has 2 aromatic rings. The molecule has 24 heavy (non-hydrogen) atoms. The summed E-state index contributed by atoms with van der Waals surface area (Å²) in [6, 6.07) is 10.7. The number of hydrogen-bond acceptors (Lipinski definition) is 4. The predicted octanol–water partition coefficient (Wildman–Crippen LogP) is 3.78. The number of para-hydroxylation sites is 3. The Hall–Kier alpha value is -2.42. The van der Waals surface area contributed by atoms with E-state index >= 15 is 0 Å². The van der Waals surface area contributed by atoms with Crippen LogP contribution in [0.5, 0.6) is 11.5 Å². The van der Waals surface area contributed by atoms with Gasteiger partial charge in [0.2, 0.25) is 0 Å². The van der Waals surface area contributed by atoms with Crippen LogP contribution in [0.15, 0.2) is 53.4 Å². The van der Waals surface area contributed by atoms with Crippen LogP contribution in [0.4, 0.5) is 18.9 Å². The number of ether oxygens (including phenoxy) is 2. The van der Waals surface area contributed by atoms with E-state index < -0.39 is 27.0 Å². The summed E-state index contributed by atoms with van der Waals surface area (Å²) in [5.41, 5.74) is 0.112. The second kappa shape index (κ2) is 7.00. The second-order valence-corrected chi connectivity index (χ2v) is 6.18. The first kappa shape index (κ1) is 17.9. The van der Waals surface area contributed by atoms with E-state index in [1.165, 1.54) is 18.2 Å². The van der Waals surface area contributed by atoms with Gasteiger partial charge in [0, 0.05) is 0 Å². The SMILES string of the molecule is CCOc1ccccc1NS(=O)(=O)c1ccccc1OC(F)(F)F. The van der Waals surface area contributed by atoms with Crippen LogP contribution in [0.1, 0.15) is 6.92 Å². The molecule has 1 N–H and O–H groups in total. The van der Waals surface area contributed by atoms with Crippen LogP contribution >= 0.6 is 0 Å². The van der Waals surface area contributed by atoms with Gasteiger partial charge in [-0.2, -0.15) is 0 Å². The van der Waals surface area contributed by atoms with E-state index in [-0.39, 0.29) is 11.4 Å². The highest BCUT2D eigenvalue weighted by Gasteiger charge is 2.34. The van der Waals surface area contributed by atoms with Crippen LogP contribution in [0, 0.1) is 0 Å². The van der Waals surface area contributed by atoms with Crippen molar-refractivity contribution < 1.29 is 31.1 Å². The van der Waals surface area contributed by atoms with Crippen LogP contribution < -0.4 is 14.2 Å². The van der Waals surface area contributed by atoms with Crippen molar-refractivity contribution in [2.45, 2.75) is 18.2 Å². The molecule has 5 nitrogen and oxygen atoms in total. The summed E-state index contributed by atoms with van der Waals surface area (Å²) in [5.74, 6) is -0.552. The third-order valence-electron chi connectivity index (χ3n) is 2.80. The summed E-state index contributed by atoms with van der Waals surface area (Å²) in [5, 5.41) is 0. The minimum atomic E-state index is -5.01. The molecule has 2 aromatic carbocycles. The van der Waals surface area contributed by atoms with E-state index in [1.807, 2.05) is 0 Å². The standard InChI is InChI=1S/C15H14F3NO4S/c1-2-22-12-8-4-3-7-11(12)19-24(20,21)14-10-6-5-9-13(14)23-15(16,17)18/h3-10,19H,2H2,1H3. The molecule has 0 heterocycles. The van der Waals surface area contributed by atoms with Gasteiger partial charge in [0.15, 0.2) is 0 Å². The van der Waals surface area contributed by atoms with E-state index in [2.05, 4.69) is 9.46 Å². The summed E-state index contributed by atoms with van der Waals surface area (Å²) >= 11 is 0. The molecule has 130 valence electrons. The van der Waals surface area contributed by atoms with Gasteiger partial charge in [-0.3, -0.25) is 4.72 Å². The largest absolute Gasteiger partial charge is 0.573 e. The van der Waals surface area contributed by atoms with E-state index in [0.29, 0.717) is 6.61 Å². The van der Waals surface area contributed by atoms with Crippen LogP contribution in [-0.4, -0.2) is 21.4 Å². The van der Waals surface area contributed by atoms with Gasteiger partial charge >= 0.3 is 6.36 Å². The molecule has 0 unspecified atom stereocenters. The maximum Gasteiger partial charge on any atom is 0.573 e. The highest BCUT2D eigenvalue weighted by atomic mass is 32.2. The average molecular weight is 361 g/mol. The van der Waals surface area contributed by atoms with E-state index in [9.17, 15) is 21.6 Å². The van der Waals surface area contributed by atoms with E-state index in [1.54, 1.807) is 25.1 Å². The fourth-order valence-corrected chi connectivity index (χ4v) is 3.11. The first-order chi connectivity index (χ1) is 11.2. The highest BCUT2D eigenvalue weighted by molar-refractivity contribution is 7.92. The third-order valence-corrected chi connectivity index (χ3v) is 4.20. The highest BCUT2D eigenvalue weighted by Crippen LogP contribution is 2.32. The number of rotatable bonds is 6. The number of anilines is 1. The van der Waals surface area contributed by atoms with Crippen molar-refractivity contribution in [3.05, 3.63) is 48.5 Å². The Labute approximate surface area is 137 Å². The van der Waals surface area contributed by atoms with Crippen LogP contribution in [-0.2, 0) is 10.0 Å². The molecule has 0 amide bonds. The first-order valence-electron chi connectivity index (χ1n) is 6.82. The smallest absolute Gasteiger partial charge is 0.492 e. The number of sulfonamides is 1. The van der Waals surface area contributed by atoms with Gasteiger partial charge in [-0.15, -0.1) is 13.2 Å². The fraction of sp³-hybridized carbons (Fsp3) is 0.200. The fourth-order valence-electron chi connectivity index (χ4n) is 1.91. The van der Waals surface area contributed by atoms with Crippen molar-refractivity contribution in [1.82, 2.24) is 0 Å². The second-order valence-electron chi connectivity index (χ2n) is 4.53. The zero-order valence-corrected chi connectivity index (χ0v) is 13.3. The van der Waals surface area contributed by atoms with Gasteiger partial charge in [-0.1, -0.05) is 24.3 Å². The topological polar surface area (TPSA) is 64.6 Å². The Morgan fingerprint density at radius 2 is 1.58 bits per heavy atom. The number of alkyl halides is 3. The van der Waals surface area contributed by atoms with Crippen molar-refractivity contribution in [3.8, 4) is 11.5 Å². The van der Waals surface area contributed by atoms with Crippen molar-refractivity contribution >= 4 is 15.7 Å². The molecule has 0 radical (unpaired) electrons. The molecular weight excluding hydrogens is 347 g/mol. The van der Waals surface area contributed by atoms with Crippen LogP contribution in [0.25, 0.3) is 0 Å². The van der Waals surface area contributed by atoms with Gasteiger partial charge < -0.3 is 9.47 Å². The Balaban J connectivity index is 2.39. The lowest BCUT2D eigenvalue weighted by Gasteiger charge is -2.16. The summed E-state index contributed by atoms with van der Waals surface area (Å²) < 4.78 is 73.5. The molecule has 0 spiro atoms. The molecule has 0 aliphatic heterocycles. The van der Waals surface area contributed by atoms with E-state index in [4.69, 9.17) is 4.74 Å². The Morgan fingerprint density at radius 3 is 2.21 bits per heavy atom. The molecule has 0 bridgehead atoms. The number of hydrogen-bond donors (Lipinski definition) is 1. The molecule has 0 aromatic heterocycles. The molecule has 0 aliphatic rings. The molecule has 0 saturated heterocycles. The molecule has 2 rings (SSSR count). The zero-order chi connectivity index (χ0) is 17.8. The number of benzene rings is 2. The van der Waals surface area contributed by atoms with Gasteiger partial charge in [-0.25, -0.2) is 8.42 Å². The summed E-state index contributed by atoms with van der Waals surface area (Å²) in [6.07, 6.45) is -5.01. The van der Waals surface area contributed by atoms with Crippen molar-refractivity contribution in [2.75, 3.05) is 11.3 Å². The lowest BCUT2D eigenvalue weighted by atomic mass is 10.3. The molecule has 0 aliphatic carbocycles. The summed E-state index contributed by atoms with van der Waals surface area (Å²) in [4.78, 5) is -0.631. The first-order valence-corrected chi connectivity index (χ1v) is 8.30. The van der Waals surface area contributed by atoms with E-state index in [0.717, 1.165) is 12.1 Å². The number of halogens is 3. The van der Waals surface area contributed by atoms with Gasteiger partial charge in [0.25, 0.3) is 10.0 Å². The van der Waals surface area contributed by atoms with Gasteiger partial charge in [0.05, 0.1) is 12.3 Å². The summed E-state index contributed by atoms with van der Waals surface area (Å²) in [7, 11) is -4.31. The minimum absolute atomic E-state index is 0.112. The molecule has 9 heteroatoms. The van der Waals surface area contributed by atoms with Crippen molar-refractivity contribution in [2.24, 2.45) is 0 Å². The Morgan fingerprint density at radius 1 is 1.00 bits per heavy atom. The average Bonchev–Trinajstić information content (AvgIpc) is 2.48. The zero-order valence-electron chi connectivity index (χ0n) is 12.5. The quantitative estimate of drug-likeness (QED) is 0.850. The molecular formula is C15H14F3NO4S. The minimum Gasteiger partial charge on any atom is -0.492 e. The molecule has 0 saturated carbocycles. The monoisotopic (exact) mass is 361 g/mol. The van der Waals surface area contributed by atoms with Gasteiger partial charge in [-0.05, 0) is 31.2 Å². The maximum absolute atomic E-state index is 12.5. The summed E-state index contributed by atoms with van der Waals surface area (Å²) in [6.45, 7) is 2.02. The van der Waals surface area contributed by atoms with Gasteiger partial charge in [0.1, 0.15) is 16.4 Å². The third kappa shape index (κ3) is 4.54. The predicted molar refractivity (Wildman–Crippen MR) is 81.5 cm³/mol. The Bertz CT molecular complexity index is 806. The van der Waals surface area contributed by atoms with Crippen molar-refractivity contribution in [3.63, 3.8) is 0 Å². The van der Waals surface area contributed by atoms with Crippen LogP contribution in [0.3, 0.4) is 0 Å². The maximum atomic E-state index is 12.5. The molecule has 0 atom stereocenters. The number of nitrogens with one attached hydrogen (secondary N) is 1.